The first kappa shape index (κ1) is 14.3. The van der Waals surface area contributed by atoms with Crippen LogP contribution in [0.15, 0.2) is 46.9 Å². The number of hydrogen-bond acceptors (Lipinski definition) is 4. The fourth-order valence-electron chi connectivity index (χ4n) is 2.31. The van der Waals surface area contributed by atoms with Gasteiger partial charge >= 0.3 is 0 Å². The van der Waals surface area contributed by atoms with E-state index in [1.54, 1.807) is 26.4 Å². The molecule has 3 aromatic rings. The molecule has 5 heteroatoms. The molecule has 22 heavy (non-hydrogen) atoms. The Morgan fingerprint density at radius 1 is 1.05 bits per heavy atom. The highest BCUT2D eigenvalue weighted by atomic mass is 19.1. The maximum absolute atomic E-state index is 12.9. The number of benzene rings is 2. The Kier molecular flexibility index (Phi) is 3.87. The van der Waals surface area contributed by atoms with E-state index in [2.05, 4.69) is 5.32 Å². The van der Waals surface area contributed by atoms with Gasteiger partial charge in [0.15, 0.2) is 11.3 Å². The minimum Gasteiger partial charge on any atom is -0.493 e. The van der Waals surface area contributed by atoms with Crippen LogP contribution in [0.4, 0.5) is 10.1 Å². The molecule has 0 aliphatic carbocycles. The predicted molar refractivity (Wildman–Crippen MR) is 83.0 cm³/mol. The van der Waals surface area contributed by atoms with E-state index in [1.807, 2.05) is 18.2 Å². The summed E-state index contributed by atoms with van der Waals surface area (Å²) in [6, 6.07) is 11.9. The van der Waals surface area contributed by atoms with Gasteiger partial charge in [-0.25, -0.2) is 4.39 Å². The number of nitrogens with one attached hydrogen (secondary N) is 1. The van der Waals surface area contributed by atoms with E-state index < -0.39 is 0 Å². The van der Waals surface area contributed by atoms with Crippen LogP contribution in [0.1, 0.15) is 5.76 Å². The molecule has 0 bridgehead atoms. The SMILES string of the molecule is COc1ccc2cc(CNc3ccc(F)cc3)oc2c1OC. The molecule has 0 unspecified atom stereocenters. The number of rotatable bonds is 5. The molecule has 0 spiro atoms. The molecule has 0 amide bonds. The molecule has 0 saturated heterocycles. The molecule has 0 fully saturated rings. The molecular weight excluding hydrogens is 285 g/mol. The van der Waals surface area contributed by atoms with Gasteiger partial charge in [0.1, 0.15) is 11.6 Å². The summed E-state index contributed by atoms with van der Waals surface area (Å²) in [5.74, 6) is 1.70. The predicted octanol–water partition coefficient (Wildman–Crippen LogP) is 4.20. The average molecular weight is 301 g/mol. The van der Waals surface area contributed by atoms with Gasteiger partial charge in [-0.1, -0.05) is 0 Å². The number of furan rings is 1. The molecule has 4 nitrogen and oxygen atoms in total. The summed E-state index contributed by atoms with van der Waals surface area (Å²) in [4.78, 5) is 0. The third-order valence-electron chi connectivity index (χ3n) is 3.39. The Morgan fingerprint density at radius 3 is 2.50 bits per heavy atom. The van der Waals surface area contributed by atoms with Crippen LogP contribution in [0.25, 0.3) is 11.0 Å². The maximum Gasteiger partial charge on any atom is 0.204 e. The molecule has 114 valence electrons. The Labute approximate surface area is 127 Å². The number of ether oxygens (including phenoxy) is 2. The third-order valence-corrected chi connectivity index (χ3v) is 3.39. The van der Waals surface area contributed by atoms with Gasteiger partial charge in [-0.2, -0.15) is 0 Å². The number of fused-ring (bicyclic) bond motifs is 1. The van der Waals surface area contributed by atoms with E-state index in [4.69, 9.17) is 13.9 Å². The van der Waals surface area contributed by atoms with Crippen molar-refractivity contribution in [2.24, 2.45) is 0 Å². The molecule has 0 saturated carbocycles. The first-order chi connectivity index (χ1) is 10.7. The fourth-order valence-corrected chi connectivity index (χ4v) is 2.31. The summed E-state index contributed by atoms with van der Waals surface area (Å²) in [6.07, 6.45) is 0. The van der Waals surface area contributed by atoms with Crippen LogP contribution in [0.2, 0.25) is 0 Å². The van der Waals surface area contributed by atoms with Gasteiger partial charge in [0.2, 0.25) is 5.75 Å². The average Bonchev–Trinajstić information content (AvgIpc) is 2.96. The van der Waals surface area contributed by atoms with Crippen molar-refractivity contribution in [2.45, 2.75) is 6.54 Å². The van der Waals surface area contributed by atoms with Crippen molar-refractivity contribution >= 4 is 16.7 Å². The van der Waals surface area contributed by atoms with Crippen molar-refractivity contribution in [3.8, 4) is 11.5 Å². The van der Waals surface area contributed by atoms with E-state index in [0.717, 1.165) is 16.8 Å². The van der Waals surface area contributed by atoms with Crippen molar-refractivity contribution in [3.63, 3.8) is 0 Å². The molecule has 0 radical (unpaired) electrons. The van der Waals surface area contributed by atoms with E-state index >= 15 is 0 Å². The number of methoxy groups -OCH3 is 2. The van der Waals surface area contributed by atoms with Crippen LogP contribution >= 0.6 is 0 Å². The lowest BCUT2D eigenvalue weighted by molar-refractivity contribution is 0.352. The minimum absolute atomic E-state index is 0.258. The normalized spacial score (nSPS) is 10.7. The van der Waals surface area contributed by atoms with Crippen molar-refractivity contribution in [1.82, 2.24) is 0 Å². The second-order valence-corrected chi connectivity index (χ2v) is 4.79. The van der Waals surface area contributed by atoms with Crippen molar-refractivity contribution < 1.29 is 18.3 Å². The van der Waals surface area contributed by atoms with E-state index in [9.17, 15) is 4.39 Å². The molecule has 3 rings (SSSR count). The van der Waals surface area contributed by atoms with Crippen LogP contribution < -0.4 is 14.8 Å². The quantitative estimate of drug-likeness (QED) is 0.767. The minimum atomic E-state index is -0.258. The fraction of sp³-hybridized carbons (Fsp3) is 0.176. The highest BCUT2D eigenvalue weighted by Crippen LogP contribution is 2.37. The van der Waals surface area contributed by atoms with Gasteiger partial charge < -0.3 is 19.2 Å². The lowest BCUT2D eigenvalue weighted by atomic mass is 10.2. The molecule has 0 aliphatic heterocycles. The van der Waals surface area contributed by atoms with Gasteiger partial charge in [0, 0.05) is 11.1 Å². The summed E-state index contributed by atoms with van der Waals surface area (Å²) >= 11 is 0. The van der Waals surface area contributed by atoms with Crippen LogP contribution in [0.5, 0.6) is 11.5 Å². The van der Waals surface area contributed by atoms with Crippen molar-refractivity contribution in [1.29, 1.82) is 0 Å². The highest BCUT2D eigenvalue weighted by Gasteiger charge is 2.13. The Morgan fingerprint density at radius 2 is 1.82 bits per heavy atom. The third kappa shape index (κ3) is 2.70. The smallest absolute Gasteiger partial charge is 0.204 e. The molecular formula is C17H16FNO3. The van der Waals surface area contributed by atoms with Gasteiger partial charge in [-0.15, -0.1) is 0 Å². The lowest BCUT2D eigenvalue weighted by Gasteiger charge is -2.06. The van der Waals surface area contributed by atoms with E-state index in [-0.39, 0.29) is 5.82 Å². The Bertz CT molecular complexity index is 780. The standard InChI is InChI=1S/C17H16FNO3/c1-20-15-8-3-11-9-14(22-16(11)17(15)21-2)10-19-13-6-4-12(18)5-7-13/h3-9,19H,10H2,1-2H3. The van der Waals surface area contributed by atoms with E-state index in [0.29, 0.717) is 23.6 Å². The van der Waals surface area contributed by atoms with Crippen molar-refractivity contribution in [2.75, 3.05) is 19.5 Å². The molecule has 1 aromatic heterocycles. The lowest BCUT2D eigenvalue weighted by Crippen LogP contribution is -1.97. The molecule has 0 atom stereocenters. The Balaban J connectivity index is 1.84. The zero-order valence-electron chi connectivity index (χ0n) is 12.4. The number of anilines is 1. The monoisotopic (exact) mass is 301 g/mol. The summed E-state index contributed by atoms with van der Waals surface area (Å²) in [7, 11) is 3.17. The first-order valence-corrected chi connectivity index (χ1v) is 6.84. The zero-order chi connectivity index (χ0) is 15.5. The largest absolute Gasteiger partial charge is 0.493 e. The number of halogens is 1. The molecule has 1 N–H and O–H groups in total. The highest BCUT2D eigenvalue weighted by molar-refractivity contribution is 5.86. The second-order valence-electron chi connectivity index (χ2n) is 4.79. The van der Waals surface area contributed by atoms with Gasteiger partial charge in [-0.05, 0) is 42.5 Å². The van der Waals surface area contributed by atoms with E-state index in [1.165, 1.54) is 12.1 Å². The van der Waals surface area contributed by atoms with Crippen LogP contribution in [-0.4, -0.2) is 14.2 Å². The van der Waals surface area contributed by atoms with Crippen LogP contribution in [-0.2, 0) is 6.54 Å². The Hall–Kier alpha value is -2.69. The first-order valence-electron chi connectivity index (χ1n) is 6.84. The van der Waals surface area contributed by atoms with Crippen LogP contribution in [0, 0.1) is 5.82 Å². The summed E-state index contributed by atoms with van der Waals surface area (Å²) in [6.45, 7) is 0.492. The molecule has 0 aliphatic rings. The summed E-state index contributed by atoms with van der Waals surface area (Å²) < 4.78 is 29.3. The topological polar surface area (TPSA) is 43.6 Å². The zero-order valence-corrected chi connectivity index (χ0v) is 12.4. The van der Waals surface area contributed by atoms with Crippen LogP contribution in [0.3, 0.4) is 0 Å². The molecule has 1 heterocycles. The van der Waals surface area contributed by atoms with Crippen molar-refractivity contribution in [3.05, 3.63) is 54.0 Å². The maximum atomic E-state index is 12.9. The second kappa shape index (κ2) is 5.97. The summed E-state index contributed by atoms with van der Waals surface area (Å²) in [5.41, 5.74) is 1.48. The summed E-state index contributed by atoms with van der Waals surface area (Å²) in [5, 5.41) is 4.12. The number of hydrogen-bond donors (Lipinski definition) is 1. The molecule has 2 aromatic carbocycles. The van der Waals surface area contributed by atoms with Gasteiger partial charge in [0.05, 0.1) is 20.8 Å². The van der Waals surface area contributed by atoms with Gasteiger partial charge in [0.25, 0.3) is 0 Å². The van der Waals surface area contributed by atoms with Gasteiger partial charge in [-0.3, -0.25) is 0 Å².